The first-order valence-electron chi connectivity index (χ1n) is 12.3. The van der Waals surface area contributed by atoms with E-state index in [0.29, 0.717) is 5.56 Å². The Hall–Kier alpha value is -4.46. The molecule has 0 aliphatic carbocycles. The zero-order valence-corrected chi connectivity index (χ0v) is 20.7. The number of hydrogen-bond acceptors (Lipinski definition) is 7. The molecule has 0 radical (unpaired) electrons. The predicted molar refractivity (Wildman–Crippen MR) is 134 cm³/mol. The lowest BCUT2D eigenvalue weighted by Crippen LogP contribution is -2.53. The third kappa shape index (κ3) is 8.89. The smallest absolute Gasteiger partial charge is 0.326 e. The first-order valence-corrected chi connectivity index (χ1v) is 11.8. The molecular formula is C24H32N6O8. The number of hydrogen-bond donors (Lipinski definition) is 8. The SMILES string of the molecule is [2H]N[C@@H](C)C(=O)N[C@@H](CCC(=O)N[C@@H](CCC(=O)O)C(=O)N[C@@H](Cc1c[nH]c2ccccc12)C(=O)O)C(N)=O. The number of para-hydroxylation sites is 1. The Kier molecular flexibility index (Phi) is 10.2. The number of aromatic amines is 1. The van der Waals surface area contributed by atoms with E-state index in [1.54, 1.807) is 18.3 Å². The van der Waals surface area contributed by atoms with E-state index in [4.69, 9.17) is 12.3 Å². The van der Waals surface area contributed by atoms with Crippen LogP contribution in [0.1, 0.15) is 38.2 Å². The third-order valence-corrected chi connectivity index (χ3v) is 5.73. The van der Waals surface area contributed by atoms with E-state index >= 15 is 0 Å². The maximum absolute atomic E-state index is 13.0. The molecule has 1 heterocycles. The van der Waals surface area contributed by atoms with E-state index in [0.717, 1.165) is 10.9 Å². The van der Waals surface area contributed by atoms with E-state index in [9.17, 15) is 33.9 Å². The number of nitrogens with one attached hydrogen (secondary N) is 4. The second kappa shape index (κ2) is 13.7. The van der Waals surface area contributed by atoms with Crippen molar-refractivity contribution in [1.82, 2.24) is 20.9 Å². The van der Waals surface area contributed by atoms with E-state index in [1.807, 2.05) is 17.9 Å². The lowest BCUT2D eigenvalue weighted by atomic mass is 10.0. The maximum atomic E-state index is 13.0. The summed E-state index contributed by atoms with van der Waals surface area (Å²) >= 11 is 0. The van der Waals surface area contributed by atoms with Crippen LogP contribution >= 0.6 is 0 Å². The first kappa shape index (κ1) is 28.1. The number of benzene rings is 1. The number of carbonyl (C=O) groups excluding carboxylic acids is 4. The summed E-state index contributed by atoms with van der Waals surface area (Å²) in [6.07, 6.45) is 0.140. The van der Waals surface area contributed by atoms with Crippen molar-refractivity contribution in [2.75, 3.05) is 0 Å². The van der Waals surface area contributed by atoms with E-state index in [-0.39, 0.29) is 25.7 Å². The molecule has 1 aromatic carbocycles. The topological polar surface area (TPSA) is 247 Å². The Morgan fingerprint density at radius 2 is 1.61 bits per heavy atom. The van der Waals surface area contributed by atoms with Crippen LogP contribution < -0.4 is 27.4 Å². The van der Waals surface area contributed by atoms with Gasteiger partial charge in [0.15, 0.2) is 0 Å². The Morgan fingerprint density at radius 3 is 2.24 bits per heavy atom. The Labute approximate surface area is 219 Å². The highest BCUT2D eigenvalue weighted by Gasteiger charge is 2.28. The fourth-order valence-corrected chi connectivity index (χ4v) is 3.65. The summed E-state index contributed by atoms with van der Waals surface area (Å²) in [6.45, 7) is 1.38. The first-order chi connectivity index (χ1) is 18.4. The molecule has 10 N–H and O–H groups in total. The van der Waals surface area contributed by atoms with Crippen LogP contribution in [0.2, 0.25) is 1.41 Å². The van der Waals surface area contributed by atoms with E-state index < -0.39 is 66.2 Å². The summed E-state index contributed by atoms with van der Waals surface area (Å²) in [5.74, 6) is -5.82. The Balaban J connectivity index is 2.07. The molecule has 0 saturated carbocycles. The summed E-state index contributed by atoms with van der Waals surface area (Å²) in [4.78, 5) is 75.2. The van der Waals surface area contributed by atoms with Crippen molar-refractivity contribution in [1.29, 1.82) is 0 Å². The van der Waals surface area contributed by atoms with Crippen LogP contribution in [0.4, 0.5) is 0 Å². The number of primary amides is 1. The van der Waals surface area contributed by atoms with Crippen molar-refractivity contribution < 1.29 is 40.4 Å². The van der Waals surface area contributed by atoms with Crippen molar-refractivity contribution in [2.24, 2.45) is 11.5 Å². The molecule has 0 spiro atoms. The van der Waals surface area contributed by atoms with Gasteiger partial charge in [0, 0.05) is 36.4 Å². The van der Waals surface area contributed by atoms with Crippen LogP contribution in [0.5, 0.6) is 0 Å². The van der Waals surface area contributed by atoms with Crippen LogP contribution in [0, 0.1) is 0 Å². The average molecular weight is 534 g/mol. The number of aromatic nitrogens is 1. The number of nitrogens with two attached hydrogens (primary N) is 2. The van der Waals surface area contributed by atoms with Gasteiger partial charge in [0.2, 0.25) is 23.6 Å². The zero-order valence-electron chi connectivity index (χ0n) is 21.7. The summed E-state index contributed by atoms with van der Waals surface area (Å²) < 4.78 is 7.00. The molecule has 0 fully saturated rings. The standard InChI is InChI=1S/C24H32N6O8/c1-12(25)22(35)29-16(21(26)34)6-8-19(31)28-17(7-9-20(32)33)23(36)30-18(24(37)38)10-13-11-27-15-5-3-2-4-14(13)15/h2-5,11-12,16-18,27H,6-10,25H2,1H3,(H2,26,34)(H,28,31)(H,29,35)(H,30,36)(H,32,33)(H,37,38)/t12-,16-,17-,18-/m0/s1/i/hD. The molecule has 206 valence electrons. The lowest BCUT2D eigenvalue weighted by molar-refractivity contribution is -0.143. The van der Waals surface area contributed by atoms with E-state index in [1.165, 1.54) is 6.92 Å². The van der Waals surface area contributed by atoms with Gasteiger partial charge in [-0.25, -0.2) is 4.79 Å². The minimum absolute atomic E-state index is 0.0731. The van der Waals surface area contributed by atoms with Crippen molar-refractivity contribution >= 4 is 46.5 Å². The molecule has 4 atom stereocenters. The number of amides is 4. The number of carboxylic acids is 2. The van der Waals surface area contributed by atoms with Gasteiger partial charge in [0.05, 0.1) is 6.04 Å². The summed E-state index contributed by atoms with van der Waals surface area (Å²) in [5, 5.41) is 26.6. The molecule has 38 heavy (non-hydrogen) atoms. The summed E-state index contributed by atoms with van der Waals surface area (Å²) in [7, 11) is 0. The monoisotopic (exact) mass is 533 g/mol. The quantitative estimate of drug-likeness (QED) is 0.128. The normalized spacial score (nSPS) is 14.4. The van der Waals surface area contributed by atoms with Gasteiger partial charge in [0.25, 0.3) is 0 Å². The molecule has 2 aromatic rings. The van der Waals surface area contributed by atoms with Crippen molar-refractivity contribution in [3.63, 3.8) is 0 Å². The van der Waals surface area contributed by atoms with Crippen LogP contribution in [-0.4, -0.2) is 74.9 Å². The number of H-pyrrole nitrogens is 1. The number of carboxylic acid groups (broad SMARTS) is 2. The number of aliphatic carboxylic acids is 2. The van der Waals surface area contributed by atoms with Gasteiger partial charge in [0.1, 0.15) is 19.5 Å². The molecule has 2 rings (SSSR count). The molecule has 0 aliphatic heterocycles. The predicted octanol–water partition coefficient (Wildman–Crippen LogP) is -1.27. The highest BCUT2D eigenvalue weighted by molar-refractivity contribution is 5.92. The zero-order chi connectivity index (χ0) is 29.1. The number of rotatable bonds is 16. The second-order valence-corrected chi connectivity index (χ2v) is 8.74. The molecule has 1 aromatic heterocycles. The van der Waals surface area contributed by atoms with Gasteiger partial charge >= 0.3 is 11.9 Å². The van der Waals surface area contributed by atoms with Crippen LogP contribution in [0.25, 0.3) is 10.9 Å². The fourth-order valence-electron chi connectivity index (χ4n) is 3.65. The molecule has 0 aliphatic rings. The minimum atomic E-state index is -1.38. The van der Waals surface area contributed by atoms with Crippen molar-refractivity contribution in [3.05, 3.63) is 36.0 Å². The average Bonchev–Trinajstić information content (AvgIpc) is 3.30. The van der Waals surface area contributed by atoms with Gasteiger partial charge in [-0.1, -0.05) is 18.2 Å². The second-order valence-electron chi connectivity index (χ2n) is 8.74. The highest BCUT2D eigenvalue weighted by Crippen LogP contribution is 2.19. The summed E-state index contributed by atoms with van der Waals surface area (Å²) in [6, 6.07) is 2.26. The fraction of sp³-hybridized carbons (Fsp3) is 0.417. The van der Waals surface area contributed by atoms with Gasteiger partial charge < -0.3 is 42.6 Å². The molecular weight excluding hydrogens is 500 g/mol. The molecule has 14 nitrogen and oxygen atoms in total. The van der Waals surface area contributed by atoms with Crippen molar-refractivity contribution in [2.45, 2.75) is 63.2 Å². The molecule has 14 heteroatoms. The Bertz CT molecular complexity index is 1220. The molecule has 0 unspecified atom stereocenters. The van der Waals surface area contributed by atoms with Crippen LogP contribution in [-0.2, 0) is 35.2 Å². The van der Waals surface area contributed by atoms with Gasteiger partial charge in [-0.2, -0.15) is 0 Å². The molecule has 4 amide bonds. The number of carbonyl (C=O) groups is 6. The number of fused-ring (bicyclic) bond motifs is 1. The minimum Gasteiger partial charge on any atom is -0.481 e. The van der Waals surface area contributed by atoms with Gasteiger partial charge in [-0.05, 0) is 31.4 Å². The highest BCUT2D eigenvalue weighted by atomic mass is 16.4. The van der Waals surface area contributed by atoms with Gasteiger partial charge in [-0.15, -0.1) is 0 Å². The van der Waals surface area contributed by atoms with Gasteiger partial charge in [-0.3, -0.25) is 24.0 Å². The van der Waals surface area contributed by atoms with Crippen LogP contribution in [0.3, 0.4) is 0 Å². The van der Waals surface area contributed by atoms with E-state index in [2.05, 4.69) is 20.9 Å². The Morgan fingerprint density at radius 1 is 0.947 bits per heavy atom. The maximum Gasteiger partial charge on any atom is 0.326 e. The molecule has 0 saturated heterocycles. The largest absolute Gasteiger partial charge is 0.481 e. The third-order valence-electron chi connectivity index (χ3n) is 5.73. The summed E-state index contributed by atoms with van der Waals surface area (Å²) in [5.41, 5.74) is 8.65. The molecule has 0 bridgehead atoms. The van der Waals surface area contributed by atoms with Crippen LogP contribution in [0.15, 0.2) is 30.5 Å². The lowest BCUT2D eigenvalue weighted by Gasteiger charge is -2.22. The van der Waals surface area contributed by atoms with Crippen molar-refractivity contribution in [3.8, 4) is 0 Å².